The van der Waals surface area contributed by atoms with Crippen molar-refractivity contribution in [3.63, 3.8) is 0 Å². The van der Waals surface area contributed by atoms with Gasteiger partial charge in [0, 0.05) is 30.9 Å². The number of likely N-dealkylation sites (N-methyl/N-ethyl adjacent to an activating group) is 1. The number of hydrogen-bond acceptors (Lipinski definition) is 5. The molecule has 0 spiro atoms. The Morgan fingerprint density at radius 1 is 1.00 bits per heavy atom. The number of rotatable bonds is 8. The minimum absolute atomic E-state index is 0.0912. The van der Waals surface area contributed by atoms with E-state index in [0.29, 0.717) is 36.6 Å². The van der Waals surface area contributed by atoms with Crippen LogP contribution in [-0.2, 0) is 14.8 Å². The number of anilines is 1. The normalized spacial score (nSPS) is 14.3. The molecule has 0 aromatic heterocycles. The second-order valence-electron chi connectivity index (χ2n) is 6.86. The summed E-state index contributed by atoms with van der Waals surface area (Å²) in [5.74, 6) is -0.0655. The van der Waals surface area contributed by atoms with Gasteiger partial charge in [0.1, 0.15) is 5.75 Å². The molecule has 1 aliphatic heterocycles. The van der Waals surface area contributed by atoms with Gasteiger partial charge < -0.3 is 15.4 Å². The third-order valence-electron chi connectivity index (χ3n) is 4.68. The summed E-state index contributed by atoms with van der Waals surface area (Å²) in [6.07, 6.45) is 1.76. The molecule has 0 saturated carbocycles. The van der Waals surface area contributed by atoms with Crippen LogP contribution in [0.4, 0.5) is 5.69 Å². The molecule has 2 aromatic carbocycles. The van der Waals surface area contributed by atoms with E-state index in [-0.39, 0.29) is 23.3 Å². The summed E-state index contributed by atoms with van der Waals surface area (Å²) in [7, 11) is -3.48. The molecule has 0 radical (unpaired) electrons. The summed E-state index contributed by atoms with van der Waals surface area (Å²) >= 11 is 0. The van der Waals surface area contributed by atoms with Gasteiger partial charge in [-0.2, -0.15) is 4.31 Å². The van der Waals surface area contributed by atoms with E-state index in [0.717, 1.165) is 12.8 Å². The van der Waals surface area contributed by atoms with E-state index < -0.39 is 10.0 Å². The third-order valence-corrected chi connectivity index (χ3v) is 6.59. The maximum atomic E-state index is 12.6. The highest BCUT2D eigenvalue weighted by Crippen LogP contribution is 2.22. The molecule has 1 saturated heterocycles. The Labute approximate surface area is 176 Å². The molecule has 1 fully saturated rings. The summed E-state index contributed by atoms with van der Waals surface area (Å²) in [6.45, 7) is 3.36. The SMILES string of the molecule is CCNC(=O)COc1ccc(C(=O)Nc2ccc(S(=O)(=O)N3CCCC3)cc2)cc1. The van der Waals surface area contributed by atoms with Crippen LogP contribution in [0.2, 0.25) is 0 Å². The molecule has 2 N–H and O–H groups in total. The lowest BCUT2D eigenvalue weighted by molar-refractivity contribution is -0.122. The molecular weight excluding hydrogens is 406 g/mol. The molecule has 9 heteroatoms. The smallest absolute Gasteiger partial charge is 0.257 e. The third kappa shape index (κ3) is 5.37. The number of benzene rings is 2. The van der Waals surface area contributed by atoms with Crippen LogP contribution < -0.4 is 15.4 Å². The summed E-state index contributed by atoms with van der Waals surface area (Å²) < 4.78 is 31.9. The minimum Gasteiger partial charge on any atom is -0.484 e. The largest absolute Gasteiger partial charge is 0.484 e. The standard InChI is InChI=1S/C21H25N3O5S/c1-2-22-20(25)15-29-18-9-5-16(6-10-18)21(26)23-17-7-11-19(12-8-17)30(27,28)24-13-3-4-14-24/h5-12H,2-4,13-15H2,1H3,(H,22,25)(H,23,26). The molecule has 160 valence electrons. The van der Waals surface area contributed by atoms with Crippen LogP contribution in [0.1, 0.15) is 30.1 Å². The van der Waals surface area contributed by atoms with Crippen molar-refractivity contribution in [2.24, 2.45) is 0 Å². The zero-order valence-corrected chi connectivity index (χ0v) is 17.6. The molecule has 3 rings (SSSR count). The number of ether oxygens (including phenoxy) is 1. The molecule has 1 aliphatic rings. The van der Waals surface area contributed by atoms with Crippen molar-refractivity contribution in [1.82, 2.24) is 9.62 Å². The molecular formula is C21H25N3O5S. The number of carbonyl (C=O) groups excluding carboxylic acids is 2. The lowest BCUT2D eigenvalue weighted by atomic mass is 10.2. The fourth-order valence-corrected chi connectivity index (χ4v) is 4.61. The van der Waals surface area contributed by atoms with Crippen molar-refractivity contribution in [2.45, 2.75) is 24.7 Å². The first-order valence-electron chi connectivity index (χ1n) is 9.81. The van der Waals surface area contributed by atoms with Gasteiger partial charge in [-0.15, -0.1) is 0 Å². The summed E-state index contributed by atoms with van der Waals surface area (Å²) in [4.78, 5) is 24.1. The first kappa shape index (κ1) is 21.8. The number of hydrogen-bond donors (Lipinski definition) is 2. The maximum Gasteiger partial charge on any atom is 0.257 e. The van der Waals surface area contributed by atoms with Gasteiger partial charge in [0.15, 0.2) is 6.61 Å². The van der Waals surface area contributed by atoms with E-state index in [2.05, 4.69) is 10.6 Å². The lowest BCUT2D eigenvalue weighted by Crippen LogP contribution is -2.28. The molecule has 0 unspecified atom stereocenters. The van der Waals surface area contributed by atoms with E-state index in [4.69, 9.17) is 4.74 Å². The summed E-state index contributed by atoms with van der Waals surface area (Å²) in [6, 6.07) is 12.6. The number of sulfonamides is 1. The predicted molar refractivity (Wildman–Crippen MR) is 113 cm³/mol. The second kappa shape index (κ2) is 9.73. The molecule has 0 aliphatic carbocycles. The highest BCUT2D eigenvalue weighted by molar-refractivity contribution is 7.89. The van der Waals surface area contributed by atoms with Crippen LogP contribution in [0.5, 0.6) is 5.75 Å². The fraction of sp³-hybridized carbons (Fsp3) is 0.333. The van der Waals surface area contributed by atoms with Crippen LogP contribution in [-0.4, -0.2) is 50.8 Å². The Morgan fingerprint density at radius 3 is 2.23 bits per heavy atom. The number of carbonyl (C=O) groups is 2. The van der Waals surface area contributed by atoms with Crippen molar-refractivity contribution in [1.29, 1.82) is 0 Å². The van der Waals surface area contributed by atoms with Gasteiger partial charge >= 0.3 is 0 Å². The van der Waals surface area contributed by atoms with Crippen molar-refractivity contribution < 1.29 is 22.7 Å². The highest BCUT2D eigenvalue weighted by Gasteiger charge is 2.26. The monoisotopic (exact) mass is 431 g/mol. The molecule has 30 heavy (non-hydrogen) atoms. The minimum atomic E-state index is -3.48. The Morgan fingerprint density at radius 2 is 1.63 bits per heavy atom. The van der Waals surface area contributed by atoms with Gasteiger partial charge in [0.05, 0.1) is 4.90 Å². The fourth-order valence-electron chi connectivity index (χ4n) is 3.09. The van der Waals surface area contributed by atoms with Gasteiger partial charge in [-0.25, -0.2) is 8.42 Å². The number of nitrogens with zero attached hydrogens (tertiary/aromatic N) is 1. The lowest BCUT2D eigenvalue weighted by Gasteiger charge is -2.15. The van der Waals surface area contributed by atoms with Crippen LogP contribution in [0.3, 0.4) is 0 Å². The Hall–Kier alpha value is -2.91. The Bertz CT molecular complexity index is 982. The van der Waals surface area contributed by atoms with Crippen molar-refractivity contribution in [3.05, 3.63) is 54.1 Å². The van der Waals surface area contributed by atoms with Gasteiger partial charge in [-0.3, -0.25) is 9.59 Å². The maximum absolute atomic E-state index is 12.6. The van der Waals surface area contributed by atoms with Crippen molar-refractivity contribution >= 4 is 27.5 Å². The van der Waals surface area contributed by atoms with E-state index in [1.807, 2.05) is 6.92 Å². The molecule has 0 bridgehead atoms. The molecule has 0 atom stereocenters. The number of nitrogens with one attached hydrogen (secondary N) is 2. The second-order valence-corrected chi connectivity index (χ2v) is 8.79. The van der Waals surface area contributed by atoms with Crippen LogP contribution in [0.25, 0.3) is 0 Å². The highest BCUT2D eigenvalue weighted by atomic mass is 32.2. The quantitative estimate of drug-likeness (QED) is 0.667. The van der Waals surface area contributed by atoms with Gasteiger partial charge in [0.2, 0.25) is 10.0 Å². The van der Waals surface area contributed by atoms with E-state index in [9.17, 15) is 18.0 Å². The van der Waals surface area contributed by atoms with Crippen LogP contribution in [0, 0.1) is 0 Å². The molecule has 2 amide bonds. The first-order valence-corrected chi connectivity index (χ1v) is 11.3. The van der Waals surface area contributed by atoms with E-state index in [1.54, 1.807) is 36.4 Å². The van der Waals surface area contributed by atoms with Gasteiger partial charge in [-0.1, -0.05) is 0 Å². The predicted octanol–water partition coefficient (Wildman–Crippen LogP) is 2.24. The average molecular weight is 432 g/mol. The molecule has 8 nitrogen and oxygen atoms in total. The van der Waals surface area contributed by atoms with E-state index >= 15 is 0 Å². The molecule has 2 aromatic rings. The topological polar surface area (TPSA) is 105 Å². The zero-order chi connectivity index (χ0) is 21.6. The van der Waals surface area contributed by atoms with Crippen LogP contribution >= 0.6 is 0 Å². The molecule has 1 heterocycles. The van der Waals surface area contributed by atoms with Gasteiger partial charge in [0.25, 0.3) is 11.8 Å². The Kier molecular flexibility index (Phi) is 7.07. The van der Waals surface area contributed by atoms with E-state index in [1.165, 1.54) is 16.4 Å². The van der Waals surface area contributed by atoms with Crippen molar-refractivity contribution in [3.8, 4) is 5.75 Å². The Balaban J connectivity index is 1.58. The first-order chi connectivity index (χ1) is 14.4. The van der Waals surface area contributed by atoms with Crippen molar-refractivity contribution in [2.75, 3.05) is 31.6 Å². The number of amides is 2. The average Bonchev–Trinajstić information content (AvgIpc) is 3.29. The van der Waals surface area contributed by atoms with Gasteiger partial charge in [-0.05, 0) is 68.3 Å². The van der Waals surface area contributed by atoms with Crippen LogP contribution in [0.15, 0.2) is 53.4 Å². The summed E-state index contributed by atoms with van der Waals surface area (Å²) in [5, 5.41) is 5.37. The summed E-state index contributed by atoms with van der Waals surface area (Å²) in [5.41, 5.74) is 0.908. The zero-order valence-electron chi connectivity index (χ0n) is 16.8.